The second kappa shape index (κ2) is 5.53. The Labute approximate surface area is 109 Å². The van der Waals surface area contributed by atoms with Crippen LogP contribution in [0.1, 0.15) is 37.4 Å². The second-order valence-corrected chi connectivity index (χ2v) is 5.37. The minimum absolute atomic E-state index is 0.138. The van der Waals surface area contributed by atoms with Gasteiger partial charge in [-0.15, -0.1) is 0 Å². The topological polar surface area (TPSA) is 32.3 Å². The molecule has 3 heteroatoms. The third-order valence-corrected chi connectivity index (χ3v) is 3.51. The van der Waals surface area contributed by atoms with Gasteiger partial charge in [0.25, 0.3) is 0 Å². The van der Waals surface area contributed by atoms with Gasteiger partial charge in [0.05, 0.1) is 0 Å². The maximum Gasteiger partial charge on any atom is 0.222 e. The van der Waals surface area contributed by atoms with Crippen LogP contribution in [0.5, 0.6) is 0 Å². The van der Waals surface area contributed by atoms with E-state index in [4.69, 9.17) is 0 Å². The van der Waals surface area contributed by atoms with E-state index >= 15 is 0 Å². The number of hydrogen-bond donors (Lipinski definition) is 1. The van der Waals surface area contributed by atoms with Crippen molar-refractivity contribution in [2.75, 3.05) is 13.6 Å². The van der Waals surface area contributed by atoms with Gasteiger partial charge in [-0.25, -0.2) is 0 Å². The molecule has 0 radical (unpaired) electrons. The predicted octanol–water partition coefficient (Wildman–Crippen LogP) is 2.13. The molecule has 1 aliphatic heterocycles. The Balaban J connectivity index is 2.14. The van der Waals surface area contributed by atoms with E-state index in [9.17, 15) is 4.79 Å². The first-order valence-corrected chi connectivity index (χ1v) is 6.65. The first kappa shape index (κ1) is 13.1. The molecule has 0 bridgehead atoms. The van der Waals surface area contributed by atoms with Gasteiger partial charge in [0.15, 0.2) is 0 Å². The molecule has 0 spiro atoms. The molecule has 0 saturated heterocycles. The molecule has 0 aliphatic carbocycles. The summed E-state index contributed by atoms with van der Waals surface area (Å²) < 4.78 is 0. The van der Waals surface area contributed by atoms with Gasteiger partial charge < -0.3 is 5.32 Å². The number of fused-ring (bicyclic) bond motifs is 1. The molecule has 18 heavy (non-hydrogen) atoms. The van der Waals surface area contributed by atoms with E-state index in [0.29, 0.717) is 6.42 Å². The summed E-state index contributed by atoms with van der Waals surface area (Å²) in [5.41, 5.74) is 2.70. The summed E-state index contributed by atoms with van der Waals surface area (Å²) in [7, 11) is 2.10. The van der Waals surface area contributed by atoms with E-state index < -0.39 is 0 Å². The lowest BCUT2D eigenvalue weighted by atomic mass is 9.91. The van der Waals surface area contributed by atoms with E-state index in [2.05, 4.69) is 41.5 Å². The highest BCUT2D eigenvalue weighted by Crippen LogP contribution is 2.30. The van der Waals surface area contributed by atoms with Crippen molar-refractivity contribution in [1.29, 1.82) is 0 Å². The van der Waals surface area contributed by atoms with Crippen LogP contribution in [0.15, 0.2) is 24.3 Å². The van der Waals surface area contributed by atoms with Gasteiger partial charge in [-0.1, -0.05) is 24.3 Å². The van der Waals surface area contributed by atoms with Crippen molar-refractivity contribution in [1.82, 2.24) is 10.2 Å². The van der Waals surface area contributed by atoms with Crippen LogP contribution in [0.3, 0.4) is 0 Å². The molecule has 1 aromatic carbocycles. The molecule has 1 atom stereocenters. The molecule has 0 saturated carbocycles. The highest BCUT2D eigenvalue weighted by Gasteiger charge is 2.26. The molecule has 98 valence electrons. The van der Waals surface area contributed by atoms with E-state index in [0.717, 1.165) is 13.0 Å². The highest BCUT2D eigenvalue weighted by atomic mass is 16.1. The normalized spacial score (nSPS) is 19.7. The smallest absolute Gasteiger partial charge is 0.222 e. The third kappa shape index (κ3) is 2.91. The van der Waals surface area contributed by atoms with Gasteiger partial charge in [-0.3, -0.25) is 9.69 Å². The first-order valence-electron chi connectivity index (χ1n) is 6.65. The maximum atomic E-state index is 11.9. The molecule has 0 aromatic heterocycles. The Kier molecular flexibility index (Phi) is 4.02. The van der Waals surface area contributed by atoms with Crippen LogP contribution >= 0.6 is 0 Å². The number of carbonyl (C=O) groups excluding carboxylic acids is 1. The average Bonchev–Trinajstić information content (AvgIpc) is 2.32. The van der Waals surface area contributed by atoms with Crippen LogP contribution in [0.25, 0.3) is 0 Å². The molecule has 0 fully saturated rings. The van der Waals surface area contributed by atoms with Gasteiger partial charge in [0.2, 0.25) is 5.91 Å². The molecule has 1 aliphatic rings. The molecule has 1 aromatic rings. The first-order chi connectivity index (χ1) is 8.58. The summed E-state index contributed by atoms with van der Waals surface area (Å²) in [5, 5.41) is 2.98. The Bertz CT molecular complexity index is 428. The lowest BCUT2D eigenvalue weighted by Crippen LogP contribution is -2.38. The van der Waals surface area contributed by atoms with Crippen LogP contribution in [0.4, 0.5) is 0 Å². The fourth-order valence-corrected chi connectivity index (χ4v) is 2.60. The zero-order valence-electron chi connectivity index (χ0n) is 11.4. The monoisotopic (exact) mass is 246 g/mol. The fourth-order valence-electron chi connectivity index (χ4n) is 2.60. The summed E-state index contributed by atoms with van der Waals surface area (Å²) in [6, 6.07) is 8.89. The molecule has 1 heterocycles. The van der Waals surface area contributed by atoms with E-state index in [-0.39, 0.29) is 18.0 Å². The number of carbonyl (C=O) groups is 1. The van der Waals surface area contributed by atoms with Crippen molar-refractivity contribution in [3.05, 3.63) is 35.4 Å². The average molecular weight is 246 g/mol. The number of nitrogens with one attached hydrogen (secondary N) is 1. The number of amides is 1. The molecule has 1 unspecified atom stereocenters. The summed E-state index contributed by atoms with van der Waals surface area (Å²) in [5.74, 6) is 0.138. The number of benzene rings is 1. The van der Waals surface area contributed by atoms with Crippen LogP contribution < -0.4 is 5.32 Å². The van der Waals surface area contributed by atoms with Crippen molar-refractivity contribution in [3.63, 3.8) is 0 Å². The number of nitrogens with zero attached hydrogens (tertiary/aromatic N) is 1. The van der Waals surface area contributed by atoms with Crippen molar-refractivity contribution in [3.8, 4) is 0 Å². The molecule has 1 amide bonds. The van der Waals surface area contributed by atoms with E-state index in [1.165, 1.54) is 11.1 Å². The van der Waals surface area contributed by atoms with Gasteiger partial charge in [-0.05, 0) is 38.4 Å². The number of rotatable bonds is 3. The largest absolute Gasteiger partial charge is 0.354 e. The van der Waals surface area contributed by atoms with Gasteiger partial charge in [-0.2, -0.15) is 0 Å². The Morgan fingerprint density at radius 1 is 1.44 bits per heavy atom. The van der Waals surface area contributed by atoms with Crippen molar-refractivity contribution in [2.45, 2.75) is 38.8 Å². The molecule has 1 N–H and O–H groups in total. The minimum Gasteiger partial charge on any atom is -0.354 e. The van der Waals surface area contributed by atoms with Crippen molar-refractivity contribution >= 4 is 5.91 Å². The number of likely N-dealkylation sites (N-methyl/N-ethyl adjacent to an activating group) is 1. The summed E-state index contributed by atoms with van der Waals surface area (Å²) in [6.07, 6.45) is 1.63. The van der Waals surface area contributed by atoms with E-state index in [1.807, 2.05) is 13.8 Å². The quantitative estimate of drug-likeness (QED) is 0.886. The standard InChI is InChI=1S/C15H22N2O/c1-11(2)16-15(18)10-14-13-7-5-4-6-12(13)8-9-17(14)3/h4-7,11,14H,8-10H2,1-3H3,(H,16,18). The van der Waals surface area contributed by atoms with Gasteiger partial charge in [0, 0.05) is 25.0 Å². The SMILES string of the molecule is CC(C)NC(=O)CC1c2ccccc2CCN1C. The zero-order valence-corrected chi connectivity index (χ0v) is 11.4. The zero-order chi connectivity index (χ0) is 13.1. The fraction of sp³-hybridized carbons (Fsp3) is 0.533. The number of hydrogen-bond acceptors (Lipinski definition) is 2. The predicted molar refractivity (Wildman–Crippen MR) is 73.4 cm³/mol. The maximum absolute atomic E-state index is 11.9. The lowest BCUT2D eigenvalue weighted by Gasteiger charge is -2.34. The third-order valence-electron chi connectivity index (χ3n) is 3.51. The van der Waals surface area contributed by atoms with E-state index in [1.54, 1.807) is 0 Å². The summed E-state index contributed by atoms with van der Waals surface area (Å²) in [6.45, 7) is 5.02. The van der Waals surface area contributed by atoms with Crippen molar-refractivity contribution in [2.24, 2.45) is 0 Å². The molecule has 3 nitrogen and oxygen atoms in total. The Morgan fingerprint density at radius 2 is 2.17 bits per heavy atom. The Hall–Kier alpha value is -1.35. The van der Waals surface area contributed by atoms with Crippen LogP contribution in [-0.4, -0.2) is 30.4 Å². The minimum atomic E-state index is 0.138. The molecule has 2 rings (SSSR count). The Morgan fingerprint density at radius 3 is 2.89 bits per heavy atom. The van der Waals surface area contributed by atoms with Gasteiger partial charge in [0.1, 0.15) is 0 Å². The van der Waals surface area contributed by atoms with Crippen molar-refractivity contribution < 1.29 is 4.79 Å². The highest BCUT2D eigenvalue weighted by molar-refractivity contribution is 5.77. The summed E-state index contributed by atoms with van der Waals surface area (Å²) >= 11 is 0. The van der Waals surface area contributed by atoms with Crippen LogP contribution in [0, 0.1) is 0 Å². The molecular weight excluding hydrogens is 224 g/mol. The molecular formula is C15H22N2O. The van der Waals surface area contributed by atoms with Crippen LogP contribution in [0.2, 0.25) is 0 Å². The summed E-state index contributed by atoms with van der Waals surface area (Å²) in [4.78, 5) is 14.2. The lowest BCUT2D eigenvalue weighted by molar-refractivity contribution is -0.122. The second-order valence-electron chi connectivity index (χ2n) is 5.37. The van der Waals surface area contributed by atoms with Crippen LogP contribution in [-0.2, 0) is 11.2 Å². The van der Waals surface area contributed by atoms with Gasteiger partial charge >= 0.3 is 0 Å².